The summed E-state index contributed by atoms with van der Waals surface area (Å²) in [5.41, 5.74) is 0. The molecule has 0 rings (SSSR count). The predicted molar refractivity (Wildman–Crippen MR) is 260 cm³/mol. The second kappa shape index (κ2) is 50.0. The van der Waals surface area contributed by atoms with Gasteiger partial charge in [0.15, 0.2) is 0 Å². The van der Waals surface area contributed by atoms with Gasteiger partial charge in [0.25, 0.3) is 0 Å². The largest absolute Gasteiger partial charge is 0.466 e. The SMILES string of the molecule is CCCCCCCC/C=C\CCCCCCCCCC(=O)OCCCCCCCCCCCCCCCCCCCC(=O)NC(CO)C(O)/C=C/CCCCCCCCC. The van der Waals surface area contributed by atoms with Crippen LogP contribution in [0.15, 0.2) is 24.3 Å². The lowest BCUT2D eigenvalue weighted by Gasteiger charge is -2.20. The van der Waals surface area contributed by atoms with Crippen LogP contribution in [0.3, 0.4) is 0 Å². The fourth-order valence-electron chi connectivity index (χ4n) is 8.10. The van der Waals surface area contributed by atoms with Crippen LogP contribution in [0.2, 0.25) is 0 Å². The summed E-state index contributed by atoms with van der Waals surface area (Å²) in [6.07, 6.45) is 59.1. The first-order valence-electron chi connectivity index (χ1n) is 26.6. The van der Waals surface area contributed by atoms with Crippen molar-refractivity contribution in [3.05, 3.63) is 24.3 Å². The van der Waals surface area contributed by atoms with E-state index in [0.717, 1.165) is 44.9 Å². The van der Waals surface area contributed by atoms with Gasteiger partial charge in [0.05, 0.1) is 25.4 Å². The number of ether oxygens (including phenoxy) is 1. The van der Waals surface area contributed by atoms with Crippen molar-refractivity contribution in [3.8, 4) is 0 Å². The monoisotopic (exact) mass is 846 g/mol. The van der Waals surface area contributed by atoms with Crippen LogP contribution in [-0.2, 0) is 14.3 Å². The maximum absolute atomic E-state index is 12.4. The first-order chi connectivity index (χ1) is 29.5. The molecule has 1 amide bonds. The molecule has 0 aromatic carbocycles. The molecule has 0 aliphatic rings. The Morgan fingerprint density at radius 1 is 0.450 bits per heavy atom. The van der Waals surface area contributed by atoms with Crippen LogP contribution in [0.25, 0.3) is 0 Å². The van der Waals surface area contributed by atoms with E-state index in [4.69, 9.17) is 4.74 Å². The highest BCUT2D eigenvalue weighted by atomic mass is 16.5. The van der Waals surface area contributed by atoms with Crippen LogP contribution in [0.5, 0.6) is 0 Å². The molecule has 0 heterocycles. The molecular weight excluding hydrogens is 743 g/mol. The number of hydrogen-bond donors (Lipinski definition) is 3. The molecule has 0 saturated carbocycles. The van der Waals surface area contributed by atoms with Crippen LogP contribution in [-0.4, -0.2) is 47.4 Å². The minimum absolute atomic E-state index is 0.000637. The van der Waals surface area contributed by atoms with E-state index in [9.17, 15) is 19.8 Å². The van der Waals surface area contributed by atoms with Crippen molar-refractivity contribution in [2.75, 3.05) is 13.2 Å². The maximum atomic E-state index is 12.4. The van der Waals surface area contributed by atoms with E-state index in [0.29, 0.717) is 19.4 Å². The van der Waals surface area contributed by atoms with E-state index in [-0.39, 0.29) is 18.5 Å². The van der Waals surface area contributed by atoms with Crippen molar-refractivity contribution in [1.29, 1.82) is 0 Å². The fourth-order valence-corrected chi connectivity index (χ4v) is 8.10. The summed E-state index contributed by atoms with van der Waals surface area (Å²) in [4.78, 5) is 24.4. The lowest BCUT2D eigenvalue weighted by Crippen LogP contribution is -2.45. The molecule has 0 radical (unpaired) electrons. The zero-order chi connectivity index (χ0) is 43.7. The number of allylic oxidation sites excluding steroid dienone is 3. The van der Waals surface area contributed by atoms with E-state index in [1.165, 1.54) is 212 Å². The number of amides is 1. The molecule has 0 bridgehead atoms. The normalized spacial score (nSPS) is 12.8. The van der Waals surface area contributed by atoms with Gasteiger partial charge in [-0.2, -0.15) is 0 Å². The average molecular weight is 846 g/mol. The van der Waals surface area contributed by atoms with Gasteiger partial charge in [-0.1, -0.05) is 237 Å². The molecule has 0 aromatic rings. The maximum Gasteiger partial charge on any atom is 0.305 e. The van der Waals surface area contributed by atoms with Gasteiger partial charge in [-0.3, -0.25) is 9.59 Å². The number of esters is 1. The molecule has 2 atom stereocenters. The Morgan fingerprint density at radius 3 is 1.18 bits per heavy atom. The highest BCUT2D eigenvalue weighted by Gasteiger charge is 2.18. The summed E-state index contributed by atoms with van der Waals surface area (Å²) in [6, 6.07) is -0.629. The topological polar surface area (TPSA) is 95.9 Å². The van der Waals surface area contributed by atoms with Crippen molar-refractivity contribution < 1.29 is 24.5 Å². The number of rotatable bonds is 49. The van der Waals surface area contributed by atoms with Gasteiger partial charge in [-0.05, 0) is 57.8 Å². The van der Waals surface area contributed by atoms with E-state index in [1.54, 1.807) is 6.08 Å². The Labute approximate surface area is 373 Å². The Morgan fingerprint density at radius 2 is 0.783 bits per heavy atom. The Kier molecular flexibility index (Phi) is 48.6. The van der Waals surface area contributed by atoms with Gasteiger partial charge in [-0.15, -0.1) is 0 Å². The third kappa shape index (κ3) is 45.9. The highest BCUT2D eigenvalue weighted by molar-refractivity contribution is 5.76. The van der Waals surface area contributed by atoms with E-state index in [1.807, 2.05) is 6.08 Å². The van der Waals surface area contributed by atoms with Gasteiger partial charge in [0.2, 0.25) is 5.91 Å². The lowest BCUT2D eigenvalue weighted by atomic mass is 10.0. The number of carbonyl (C=O) groups excluding carboxylic acids is 2. The third-order valence-corrected chi connectivity index (χ3v) is 12.2. The van der Waals surface area contributed by atoms with Crippen LogP contribution in [0.1, 0.15) is 284 Å². The smallest absolute Gasteiger partial charge is 0.305 e. The summed E-state index contributed by atoms with van der Waals surface area (Å²) in [6.45, 7) is 4.86. The molecule has 60 heavy (non-hydrogen) atoms. The second-order valence-corrected chi connectivity index (χ2v) is 18.2. The first kappa shape index (κ1) is 58.3. The second-order valence-electron chi connectivity index (χ2n) is 18.2. The number of hydrogen-bond acceptors (Lipinski definition) is 5. The molecule has 6 nitrogen and oxygen atoms in total. The van der Waals surface area contributed by atoms with Gasteiger partial charge >= 0.3 is 5.97 Å². The van der Waals surface area contributed by atoms with Gasteiger partial charge in [0, 0.05) is 12.8 Å². The molecule has 0 aromatic heterocycles. The zero-order valence-electron chi connectivity index (χ0n) is 40.2. The van der Waals surface area contributed by atoms with Gasteiger partial charge in [0.1, 0.15) is 0 Å². The predicted octanol–water partition coefficient (Wildman–Crippen LogP) is 15.9. The van der Waals surface area contributed by atoms with Crippen LogP contribution < -0.4 is 5.32 Å². The van der Waals surface area contributed by atoms with Crippen molar-refractivity contribution in [2.24, 2.45) is 0 Å². The number of aliphatic hydroxyl groups excluding tert-OH is 2. The summed E-state index contributed by atoms with van der Waals surface area (Å²) < 4.78 is 5.48. The quantitative estimate of drug-likeness (QED) is 0.0322. The Hall–Kier alpha value is -1.66. The molecule has 0 fully saturated rings. The van der Waals surface area contributed by atoms with Crippen molar-refractivity contribution in [2.45, 2.75) is 296 Å². The van der Waals surface area contributed by atoms with Gasteiger partial charge < -0.3 is 20.3 Å². The van der Waals surface area contributed by atoms with Gasteiger partial charge in [-0.25, -0.2) is 0 Å². The molecule has 6 heteroatoms. The summed E-state index contributed by atoms with van der Waals surface area (Å²) in [7, 11) is 0. The van der Waals surface area contributed by atoms with Crippen molar-refractivity contribution in [3.63, 3.8) is 0 Å². The number of aliphatic hydroxyl groups is 2. The van der Waals surface area contributed by atoms with Crippen molar-refractivity contribution >= 4 is 11.9 Å². The molecule has 3 N–H and O–H groups in total. The minimum Gasteiger partial charge on any atom is -0.466 e. The molecule has 354 valence electrons. The van der Waals surface area contributed by atoms with E-state index in [2.05, 4.69) is 31.3 Å². The fraction of sp³-hybridized carbons (Fsp3) is 0.889. The van der Waals surface area contributed by atoms with E-state index < -0.39 is 12.1 Å². The molecule has 2 unspecified atom stereocenters. The van der Waals surface area contributed by atoms with Crippen molar-refractivity contribution in [1.82, 2.24) is 5.32 Å². The number of unbranched alkanes of at least 4 members (excludes halogenated alkanes) is 36. The minimum atomic E-state index is -0.845. The summed E-state index contributed by atoms with van der Waals surface area (Å²) in [5, 5.41) is 22.9. The number of carbonyl (C=O) groups is 2. The highest BCUT2D eigenvalue weighted by Crippen LogP contribution is 2.16. The van der Waals surface area contributed by atoms with Crippen LogP contribution in [0.4, 0.5) is 0 Å². The number of nitrogens with one attached hydrogen (secondary N) is 1. The standard InChI is InChI=1S/C54H103NO5/c1-3-5-7-9-11-13-14-15-16-18-22-25-28-32-36-40-44-48-54(59)60-49-45-41-37-33-29-26-23-20-17-19-21-24-27-31-35-39-43-47-53(58)55-51(50-56)52(57)46-42-38-34-30-12-10-8-6-4-2/h15-16,42,46,51-52,56-57H,3-14,17-41,43-45,47-50H2,1-2H3,(H,55,58)/b16-15-,46-42+. The molecule has 0 spiro atoms. The Balaban J connectivity index is 3.39. The third-order valence-electron chi connectivity index (χ3n) is 12.2. The molecule has 0 aliphatic heterocycles. The molecule has 0 saturated heterocycles. The summed E-state index contributed by atoms with van der Waals surface area (Å²) >= 11 is 0. The average Bonchev–Trinajstić information content (AvgIpc) is 3.25. The molecular formula is C54H103NO5. The zero-order valence-corrected chi connectivity index (χ0v) is 40.2. The van der Waals surface area contributed by atoms with E-state index >= 15 is 0 Å². The Bertz CT molecular complexity index is 935. The lowest BCUT2D eigenvalue weighted by molar-refractivity contribution is -0.143. The van der Waals surface area contributed by atoms with Crippen LogP contribution >= 0.6 is 0 Å². The first-order valence-corrected chi connectivity index (χ1v) is 26.6. The summed E-state index contributed by atoms with van der Waals surface area (Å²) in [5.74, 6) is -0.0754. The molecule has 0 aliphatic carbocycles. The van der Waals surface area contributed by atoms with Crippen LogP contribution in [0, 0.1) is 0 Å².